The van der Waals surface area contributed by atoms with Crippen molar-refractivity contribution in [1.29, 1.82) is 0 Å². The van der Waals surface area contributed by atoms with Gasteiger partial charge in [-0.2, -0.15) is 0 Å². The van der Waals surface area contributed by atoms with Crippen LogP contribution < -0.4 is 0 Å². The lowest BCUT2D eigenvalue weighted by atomic mass is 9.95. The average molecular weight is 359 g/mol. The number of nitrogens with zero attached hydrogens (tertiary/aromatic N) is 1. The van der Waals surface area contributed by atoms with Gasteiger partial charge < -0.3 is 9.52 Å². The molecule has 0 bridgehead atoms. The quantitative estimate of drug-likeness (QED) is 0.481. The van der Waals surface area contributed by atoms with E-state index in [1.54, 1.807) is 6.07 Å². The summed E-state index contributed by atoms with van der Waals surface area (Å²) in [6.07, 6.45) is 0. The Bertz CT molecular complexity index is 1200. The van der Waals surface area contributed by atoms with E-state index < -0.39 is 5.97 Å². The fourth-order valence-electron chi connectivity index (χ4n) is 3.76. The molecule has 0 saturated heterocycles. The van der Waals surface area contributed by atoms with Crippen molar-refractivity contribution in [3.63, 3.8) is 0 Å². The highest BCUT2D eigenvalue weighted by Gasteiger charge is 2.22. The van der Waals surface area contributed by atoms with Crippen molar-refractivity contribution in [1.82, 2.24) is 4.98 Å². The molecule has 0 radical (unpaired) electrons. The predicted octanol–water partition coefficient (Wildman–Crippen LogP) is 6.09. The topological polar surface area (TPSA) is 63.3 Å². The summed E-state index contributed by atoms with van der Waals surface area (Å²) >= 11 is 0. The Balaban J connectivity index is 2.12. The van der Waals surface area contributed by atoms with Crippen LogP contribution in [0.2, 0.25) is 0 Å². The van der Waals surface area contributed by atoms with Gasteiger partial charge >= 0.3 is 5.97 Å². The number of para-hydroxylation sites is 1. The number of benzene rings is 2. The van der Waals surface area contributed by atoms with Crippen molar-refractivity contribution < 1.29 is 14.3 Å². The Morgan fingerprint density at radius 1 is 1.07 bits per heavy atom. The summed E-state index contributed by atoms with van der Waals surface area (Å²) in [4.78, 5) is 16.8. The number of carboxylic acid groups (broad SMARTS) is 1. The molecular formula is C23H21NO3. The van der Waals surface area contributed by atoms with E-state index in [0.29, 0.717) is 22.4 Å². The normalized spacial score (nSPS) is 11.6. The molecule has 0 amide bonds. The van der Waals surface area contributed by atoms with E-state index in [1.165, 1.54) is 0 Å². The van der Waals surface area contributed by atoms with E-state index in [2.05, 4.69) is 13.8 Å². The van der Waals surface area contributed by atoms with Crippen molar-refractivity contribution in [2.24, 2.45) is 0 Å². The van der Waals surface area contributed by atoms with Gasteiger partial charge in [-0.05, 0) is 43.0 Å². The molecule has 4 heteroatoms. The van der Waals surface area contributed by atoms with Crippen molar-refractivity contribution in [3.05, 3.63) is 64.7 Å². The van der Waals surface area contributed by atoms with Crippen molar-refractivity contribution in [2.45, 2.75) is 33.6 Å². The Labute approximate surface area is 157 Å². The average Bonchev–Trinajstić information content (AvgIpc) is 3.03. The van der Waals surface area contributed by atoms with Crippen LogP contribution in [0.3, 0.4) is 0 Å². The van der Waals surface area contributed by atoms with Gasteiger partial charge in [0, 0.05) is 16.3 Å². The van der Waals surface area contributed by atoms with Gasteiger partial charge in [0.15, 0.2) is 5.76 Å². The third-order valence-corrected chi connectivity index (χ3v) is 5.04. The van der Waals surface area contributed by atoms with Crippen LogP contribution in [0.25, 0.3) is 33.3 Å². The van der Waals surface area contributed by atoms with Crippen LogP contribution in [0.15, 0.2) is 46.9 Å². The summed E-state index contributed by atoms with van der Waals surface area (Å²) in [5, 5.41) is 11.6. The Kier molecular flexibility index (Phi) is 3.99. The van der Waals surface area contributed by atoms with Crippen LogP contribution in [0, 0.1) is 13.8 Å². The van der Waals surface area contributed by atoms with Crippen molar-refractivity contribution in [3.8, 4) is 11.5 Å². The number of furan rings is 1. The molecule has 4 nitrogen and oxygen atoms in total. The second kappa shape index (κ2) is 6.23. The molecule has 136 valence electrons. The van der Waals surface area contributed by atoms with E-state index in [9.17, 15) is 9.90 Å². The van der Waals surface area contributed by atoms with Gasteiger partial charge in [-0.3, -0.25) is 0 Å². The molecule has 27 heavy (non-hydrogen) atoms. The highest BCUT2D eigenvalue weighted by atomic mass is 16.4. The largest absolute Gasteiger partial charge is 0.478 e. The van der Waals surface area contributed by atoms with E-state index in [1.807, 2.05) is 50.2 Å². The van der Waals surface area contributed by atoms with Crippen LogP contribution in [-0.4, -0.2) is 16.1 Å². The lowest BCUT2D eigenvalue weighted by Crippen LogP contribution is -2.03. The minimum atomic E-state index is -0.959. The van der Waals surface area contributed by atoms with Gasteiger partial charge in [0.05, 0.1) is 11.1 Å². The number of aromatic carboxylic acids is 1. The van der Waals surface area contributed by atoms with Gasteiger partial charge in [0.1, 0.15) is 11.3 Å². The lowest BCUT2D eigenvalue weighted by molar-refractivity contribution is 0.0699. The first kappa shape index (κ1) is 17.3. The van der Waals surface area contributed by atoms with E-state index in [4.69, 9.17) is 9.40 Å². The van der Waals surface area contributed by atoms with Crippen LogP contribution >= 0.6 is 0 Å². The first-order valence-corrected chi connectivity index (χ1v) is 9.04. The molecule has 0 aliphatic rings. The number of aromatic nitrogens is 1. The first-order chi connectivity index (χ1) is 12.9. The maximum Gasteiger partial charge on any atom is 0.336 e. The molecule has 0 aliphatic carbocycles. The second-order valence-electron chi connectivity index (χ2n) is 7.28. The molecule has 2 aromatic carbocycles. The summed E-state index contributed by atoms with van der Waals surface area (Å²) in [7, 11) is 0. The maximum absolute atomic E-state index is 12.0. The SMILES string of the molecule is Cc1ccc(C)c2c(C(=O)O)cc(-c3oc4ccccc4c3C(C)C)nc12. The molecular weight excluding hydrogens is 338 g/mol. The molecule has 0 unspecified atom stereocenters. The molecule has 0 spiro atoms. The number of fused-ring (bicyclic) bond motifs is 2. The number of carbonyl (C=O) groups is 1. The fraction of sp³-hybridized carbons (Fsp3) is 0.217. The molecule has 2 aromatic heterocycles. The van der Waals surface area contributed by atoms with Gasteiger partial charge in [-0.25, -0.2) is 9.78 Å². The van der Waals surface area contributed by atoms with Crippen molar-refractivity contribution in [2.75, 3.05) is 0 Å². The van der Waals surface area contributed by atoms with Gasteiger partial charge in [0.25, 0.3) is 0 Å². The smallest absolute Gasteiger partial charge is 0.336 e. The summed E-state index contributed by atoms with van der Waals surface area (Å²) < 4.78 is 6.14. The van der Waals surface area contributed by atoms with E-state index >= 15 is 0 Å². The number of pyridine rings is 1. The minimum Gasteiger partial charge on any atom is -0.478 e. The van der Waals surface area contributed by atoms with Crippen LogP contribution in [0.4, 0.5) is 0 Å². The highest BCUT2D eigenvalue weighted by molar-refractivity contribution is 6.06. The third-order valence-electron chi connectivity index (χ3n) is 5.04. The van der Waals surface area contributed by atoms with Crippen LogP contribution in [0.5, 0.6) is 0 Å². The fourth-order valence-corrected chi connectivity index (χ4v) is 3.76. The van der Waals surface area contributed by atoms with Crippen LogP contribution in [-0.2, 0) is 0 Å². The number of hydrogen-bond acceptors (Lipinski definition) is 3. The Morgan fingerprint density at radius 2 is 1.78 bits per heavy atom. The number of hydrogen-bond donors (Lipinski definition) is 1. The Hall–Kier alpha value is -3.14. The Morgan fingerprint density at radius 3 is 2.48 bits per heavy atom. The van der Waals surface area contributed by atoms with E-state index in [0.717, 1.165) is 27.7 Å². The van der Waals surface area contributed by atoms with Gasteiger partial charge in [-0.1, -0.05) is 44.2 Å². The summed E-state index contributed by atoms with van der Waals surface area (Å²) in [5.41, 5.74) is 5.22. The van der Waals surface area contributed by atoms with Gasteiger partial charge in [-0.15, -0.1) is 0 Å². The number of aryl methyl sites for hydroxylation is 2. The molecule has 0 atom stereocenters. The monoisotopic (exact) mass is 359 g/mol. The molecule has 0 fully saturated rings. The molecule has 2 heterocycles. The zero-order valence-electron chi connectivity index (χ0n) is 15.8. The highest BCUT2D eigenvalue weighted by Crippen LogP contribution is 2.39. The molecule has 1 N–H and O–H groups in total. The summed E-state index contributed by atoms with van der Waals surface area (Å²) in [6, 6.07) is 13.4. The molecule has 0 aliphatic heterocycles. The summed E-state index contributed by atoms with van der Waals surface area (Å²) in [5.74, 6) is -0.0934. The minimum absolute atomic E-state index is 0.216. The van der Waals surface area contributed by atoms with E-state index in [-0.39, 0.29) is 11.5 Å². The predicted molar refractivity (Wildman–Crippen MR) is 107 cm³/mol. The second-order valence-corrected chi connectivity index (χ2v) is 7.28. The number of rotatable bonds is 3. The maximum atomic E-state index is 12.0. The van der Waals surface area contributed by atoms with Gasteiger partial charge in [0.2, 0.25) is 0 Å². The van der Waals surface area contributed by atoms with Crippen LogP contribution in [0.1, 0.15) is 46.8 Å². The zero-order valence-corrected chi connectivity index (χ0v) is 15.8. The number of carboxylic acids is 1. The lowest BCUT2D eigenvalue weighted by Gasteiger charge is -2.12. The molecule has 4 rings (SSSR count). The third kappa shape index (κ3) is 2.69. The first-order valence-electron chi connectivity index (χ1n) is 9.04. The molecule has 0 saturated carbocycles. The van der Waals surface area contributed by atoms with Crippen molar-refractivity contribution >= 4 is 27.8 Å². The zero-order chi connectivity index (χ0) is 19.3. The summed E-state index contributed by atoms with van der Waals surface area (Å²) in [6.45, 7) is 8.08. The standard InChI is InChI=1S/C23H21NO3/c1-12(2)19-15-7-5-6-8-18(15)27-22(19)17-11-16(23(25)26)20-13(3)9-10-14(4)21(20)24-17/h5-12H,1-4H3,(H,25,26). The molecule has 4 aromatic rings.